The molecule has 9 heteroatoms. The summed E-state index contributed by atoms with van der Waals surface area (Å²) in [6, 6.07) is 1.28. The molecule has 1 amide bonds. The van der Waals surface area contributed by atoms with Crippen molar-refractivity contribution in [3.8, 4) is 0 Å². The summed E-state index contributed by atoms with van der Waals surface area (Å²) in [5, 5.41) is 11.5. The number of thioether (sulfide) groups is 1. The third-order valence-corrected chi connectivity index (χ3v) is 4.91. The average Bonchev–Trinajstić information content (AvgIpc) is 2.99. The number of rotatable bonds is 7. The zero-order valence-corrected chi connectivity index (χ0v) is 15.9. The van der Waals surface area contributed by atoms with E-state index in [0.29, 0.717) is 10.9 Å². The van der Waals surface area contributed by atoms with E-state index in [1.54, 1.807) is 4.40 Å². The van der Waals surface area contributed by atoms with E-state index in [4.69, 9.17) is 4.74 Å². The molecule has 0 saturated carbocycles. The molecule has 2 atom stereocenters. The molecule has 136 valence electrons. The fourth-order valence-electron chi connectivity index (χ4n) is 2.44. The van der Waals surface area contributed by atoms with Crippen LogP contribution in [-0.4, -0.2) is 50.4 Å². The number of carbonyl (C=O) groups is 2. The van der Waals surface area contributed by atoms with E-state index in [1.165, 1.54) is 18.9 Å². The average molecular weight is 365 g/mol. The van der Waals surface area contributed by atoms with Gasteiger partial charge >= 0.3 is 5.97 Å². The van der Waals surface area contributed by atoms with Gasteiger partial charge in [-0.2, -0.15) is 0 Å². The van der Waals surface area contributed by atoms with Crippen LogP contribution in [0.25, 0.3) is 5.78 Å². The molecule has 2 aromatic heterocycles. The van der Waals surface area contributed by atoms with Crippen molar-refractivity contribution in [3.05, 3.63) is 17.5 Å². The Bertz CT molecular complexity index is 776. The minimum absolute atomic E-state index is 0.00950. The van der Waals surface area contributed by atoms with Crippen LogP contribution in [0.3, 0.4) is 0 Å². The van der Waals surface area contributed by atoms with Crippen molar-refractivity contribution in [2.45, 2.75) is 45.3 Å². The molecule has 0 unspecified atom stereocenters. The predicted octanol–water partition coefficient (Wildman–Crippen LogP) is 1.54. The van der Waals surface area contributed by atoms with Gasteiger partial charge in [-0.25, -0.2) is 9.78 Å². The quantitative estimate of drug-likeness (QED) is 0.587. The molecule has 0 bridgehead atoms. The number of esters is 1. The normalized spacial score (nSPS) is 13.5. The van der Waals surface area contributed by atoms with Crippen LogP contribution in [0.2, 0.25) is 0 Å². The molecule has 0 aliphatic heterocycles. The third-order valence-electron chi connectivity index (χ3n) is 3.98. The van der Waals surface area contributed by atoms with Crippen molar-refractivity contribution in [3.63, 3.8) is 0 Å². The van der Waals surface area contributed by atoms with Gasteiger partial charge in [-0.05, 0) is 25.8 Å². The smallest absolute Gasteiger partial charge is 0.328 e. The first kappa shape index (κ1) is 19.2. The zero-order chi connectivity index (χ0) is 18.6. The van der Waals surface area contributed by atoms with Gasteiger partial charge in [0.25, 0.3) is 5.78 Å². The number of carbonyl (C=O) groups excluding carboxylic acids is 2. The summed E-state index contributed by atoms with van der Waals surface area (Å²) in [4.78, 5) is 28.4. The Labute approximate surface area is 150 Å². The maximum Gasteiger partial charge on any atom is 0.328 e. The lowest BCUT2D eigenvalue weighted by atomic mass is 9.99. The Morgan fingerprint density at radius 1 is 1.36 bits per heavy atom. The van der Waals surface area contributed by atoms with Crippen LogP contribution < -0.4 is 5.32 Å². The van der Waals surface area contributed by atoms with E-state index < -0.39 is 12.0 Å². The molecule has 2 rings (SSSR count). The monoisotopic (exact) mass is 365 g/mol. The van der Waals surface area contributed by atoms with E-state index in [-0.39, 0.29) is 17.6 Å². The number of methoxy groups -OCH3 is 1. The molecule has 2 aromatic rings. The lowest BCUT2D eigenvalue weighted by Crippen LogP contribution is -2.46. The van der Waals surface area contributed by atoms with Crippen LogP contribution in [0.1, 0.15) is 31.7 Å². The molecule has 0 saturated heterocycles. The van der Waals surface area contributed by atoms with Crippen LogP contribution in [0, 0.1) is 19.8 Å². The van der Waals surface area contributed by atoms with E-state index in [9.17, 15) is 9.59 Å². The molecule has 0 fully saturated rings. The van der Waals surface area contributed by atoms with Gasteiger partial charge in [0.15, 0.2) is 5.16 Å². The van der Waals surface area contributed by atoms with Gasteiger partial charge in [0, 0.05) is 11.4 Å². The first-order chi connectivity index (χ1) is 11.9. The third kappa shape index (κ3) is 4.47. The van der Waals surface area contributed by atoms with Crippen molar-refractivity contribution >= 4 is 29.4 Å². The predicted molar refractivity (Wildman–Crippen MR) is 94.4 cm³/mol. The summed E-state index contributed by atoms with van der Waals surface area (Å²) in [6.07, 6.45) is 0.756. The van der Waals surface area contributed by atoms with Crippen LogP contribution in [0.15, 0.2) is 11.2 Å². The second-order valence-corrected chi connectivity index (χ2v) is 6.84. The summed E-state index contributed by atoms with van der Waals surface area (Å²) < 4.78 is 6.58. The number of nitrogens with one attached hydrogen (secondary N) is 1. The van der Waals surface area contributed by atoms with Crippen molar-refractivity contribution < 1.29 is 14.3 Å². The number of fused-ring (bicyclic) bond motifs is 1. The fourth-order valence-corrected chi connectivity index (χ4v) is 3.23. The Morgan fingerprint density at radius 3 is 2.72 bits per heavy atom. The molecule has 0 aliphatic rings. The maximum atomic E-state index is 12.3. The number of hydrogen-bond donors (Lipinski definition) is 1. The maximum absolute atomic E-state index is 12.3. The van der Waals surface area contributed by atoms with E-state index in [1.807, 2.05) is 33.8 Å². The van der Waals surface area contributed by atoms with Gasteiger partial charge in [0.1, 0.15) is 6.04 Å². The summed E-state index contributed by atoms with van der Waals surface area (Å²) in [5.74, 6) is -0.0681. The second-order valence-electron chi connectivity index (χ2n) is 5.90. The number of nitrogens with zero attached hydrogens (tertiary/aromatic N) is 4. The minimum atomic E-state index is -0.649. The van der Waals surface area contributed by atoms with Crippen molar-refractivity contribution in [1.29, 1.82) is 0 Å². The van der Waals surface area contributed by atoms with Gasteiger partial charge in [-0.15, -0.1) is 10.2 Å². The van der Waals surface area contributed by atoms with Gasteiger partial charge in [0.05, 0.1) is 12.9 Å². The molecule has 2 heterocycles. The molecule has 0 radical (unpaired) electrons. The zero-order valence-electron chi connectivity index (χ0n) is 15.1. The van der Waals surface area contributed by atoms with Crippen LogP contribution in [-0.2, 0) is 14.3 Å². The molecular formula is C16H23N5O3S. The number of aromatic nitrogens is 4. The number of hydrogen-bond acceptors (Lipinski definition) is 7. The van der Waals surface area contributed by atoms with Gasteiger partial charge in [-0.3, -0.25) is 9.20 Å². The highest BCUT2D eigenvalue weighted by atomic mass is 32.2. The first-order valence-corrected chi connectivity index (χ1v) is 9.05. The fraction of sp³-hybridized carbons (Fsp3) is 0.562. The highest BCUT2D eigenvalue weighted by Gasteiger charge is 2.26. The molecule has 8 nitrogen and oxygen atoms in total. The topological polar surface area (TPSA) is 98.5 Å². The molecule has 0 aromatic carbocycles. The van der Waals surface area contributed by atoms with Crippen LogP contribution >= 0.6 is 11.8 Å². The van der Waals surface area contributed by atoms with Gasteiger partial charge in [0.2, 0.25) is 5.91 Å². The number of aryl methyl sites for hydroxylation is 2. The Hall–Kier alpha value is -2.16. The summed E-state index contributed by atoms with van der Waals surface area (Å²) in [7, 11) is 1.32. The Morgan fingerprint density at radius 2 is 2.08 bits per heavy atom. The molecule has 0 spiro atoms. The SMILES string of the molecule is CC[C@@H](C)[C@H](NC(=O)CSc1nnc2nc(C)cc(C)n12)C(=O)OC. The van der Waals surface area contributed by atoms with E-state index in [2.05, 4.69) is 20.5 Å². The van der Waals surface area contributed by atoms with Gasteiger partial charge < -0.3 is 10.1 Å². The lowest BCUT2D eigenvalue weighted by molar-refractivity contribution is -0.146. The van der Waals surface area contributed by atoms with Gasteiger partial charge in [-0.1, -0.05) is 32.0 Å². The first-order valence-electron chi connectivity index (χ1n) is 8.06. The van der Waals surface area contributed by atoms with E-state index >= 15 is 0 Å². The summed E-state index contributed by atoms with van der Waals surface area (Å²) in [5.41, 5.74) is 1.81. The number of ether oxygens (including phenoxy) is 1. The van der Waals surface area contributed by atoms with E-state index in [0.717, 1.165) is 17.8 Å². The summed E-state index contributed by atoms with van der Waals surface area (Å²) in [6.45, 7) is 7.69. The van der Waals surface area contributed by atoms with Crippen molar-refractivity contribution in [2.24, 2.45) is 5.92 Å². The van der Waals surface area contributed by atoms with Crippen molar-refractivity contribution in [1.82, 2.24) is 24.9 Å². The second kappa shape index (κ2) is 8.28. The number of amides is 1. The molecule has 25 heavy (non-hydrogen) atoms. The highest BCUT2D eigenvalue weighted by molar-refractivity contribution is 7.99. The lowest BCUT2D eigenvalue weighted by Gasteiger charge is -2.21. The standard InChI is InChI=1S/C16H23N5O3S/c1-6-9(2)13(14(23)24-5)18-12(22)8-25-16-20-19-15-17-10(3)7-11(4)21(15)16/h7,9,13H,6,8H2,1-5H3,(H,18,22)/t9-,13+/m1/s1. The largest absolute Gasteiger partial charge is 0.467 e. The van der Waals surface area contributed by atoms with Crippen LogP contribution in [0.4, 0.5) is 0 Å². The minimum Gasteiger partial charge on any atom is -0.467 e. The van der Waals surface area contributed by atoms with Crippen LogP contribution in [0.5, 0.6) is 0 Å². The van der Waals surface area contributed by atoms with Crippen molar-refractivity contribution in [2.75, 3.05) is 12.9 Å². The molecule has 1 N–H and O–H groups in total. The molecular weight excluding hydrogens is 342 g/mol. The highest BCUT2D eigenvalue weighted by Crippen LogP contribution is 2.18. The Kier molecular flexibility index (Phi) is 6.35. The Balaban J connectivity index is 2.06. The summed E-state index contributed by atoms with van der Waals surface area (Å²) >= 11 is 1.25. The molecule has 0 aliphatic carbocycles.